The summed E-state index contributed by atoms with van der Waals surface area (Å²) in [6.45, 7) is 2.29. The molecule has 1 aliphatic carbocycles. The summed E-state index contributed by atoms with van der Waals surface area (Å²) in [4.78, 5) is 16.3. The van der Waals surface area contributed by atoms with Crippen LogP contribution in [0.5, 0.6) is 11.5 Å². The number of aryl methyl sites for hydroxylation is 1. The molecule has 3 aromatic rings. The number of carbonyl (C=O) groups excluding carboxylic acids is 1. The fraction of sp³-hybridized carbons (Fsp3) is 0.318. The van der Waals surface area contributed by atoms with Gasteiger partial charge in [-0.2, -0.15) is 0 Å². The van der Waals surface area contributed by atoms with Gasteiger partial charge in [0, 0.05) is 28.2 Å². The number of hydrogen-bond acceptors (Lipinski definition) is 3. The van der Waals surface area contributed by atoms with Gasteiger partial charge in [-0.15, -0.1) is 0 Å². The number of ether oxygens (including phenoxy) is 2. The van der Waals surface area contributed by atoms with Gasteiger partial charge in [-0.05, 0) is 61.1 Å². The molecule has 0 aliphatic heterocycles. The minimum atomic E-state index is -0.154. The summed E-state index contributed by atoms with van der Waals surface area (Å²) in [5, 5.41) is 4.10. The second kappa shape index (κ2) is 6.99. The molecule has 27 heavy (non-hydrogen) atoms. The van der Waals surface area contributed by atoms with E-state index < -0.39 is 0 Å². The van der Waals surface area contributed by atoms with Crippen LogP contribution in [0.3, 0.4) is 0 Å². The molecule has 1 atom stereocenters. The number of fused-ring (bicyclic) bond motifs is 3. The van der Waals surface area contributed by atoms with E-state index >= 15 is 0 Å². The molecule has 0 saturated heterocycles. The highest BCUT2D eigenvalue weighted by Crippen LogP contribution is 2.33. The molecule has 4 rings (SSSR count). The number of aromatic amines is 1. The summed E-state index contributed by atoms with van der Waals surface area (Å²) < 4.78 is 10.6. The van der Waals surface area contributed by atoms with Gasteiger partial charge in [0.2, 0.25) is 0 Å². The van der Waals surface area contributed by atoms with Crippen LogP contribution in [0.15, 0.2) is 36.4 Å². The third-order valence-electron chi connectivity index (χ3n) is 5.35. The highest BCUT2D eigenvalue weighted by atomic mass is 16.5. The maximum Gasteiger partial charge on any atom is 0.255 e. The molecular formula is C22H24N2O3. The number of rotatable bonds is 4. The number of H-pyrrole nitrogens is 1. The Bertz CT molecular complexity index is 1010. The highest BCUT2D eigenvalue weighted by Gasteiger charge is 2.21. The molecular weight excluding hydrogens is 340 g/mol. The standard InChI is InChI=1S/C22H24N2O3/c1-13-4-7-18-16(10-13)17-11-14(5-8-19(17)23-18)22(25)24-20-9-6-15(26-2)12-21(20)27-3/h5-6,8-9,11-13,23H,4,7,10H2,1-3H3,(H,24,25)/t13-/m1/s1. The predicted molar refractivity (Wildman–Crippen MR) is 107 cm³/mol. The Morgan fingerprint density at radius 3 is 2.78 bits per heavy atom. The van der Waals surface area contributed by atoms with Gasteiger partial charge in [0.05, 0.1) is 19.9 Å². The van der Waals surface area contributed by atoms with E-state index in [1.165, 1.54) is 17.7 Å². The average Bonchev–Trinajstić information content (AvgIpc) is 3.05. The van der Waals surface area contributed by atoms with Crippen molar-refractivity contribution in [2.45, 2.75) is 26.2 Å². The topological polar surface area (TPSA) is 63.3 Å². The third-order valence-corrected chi connectivity index (χ3v) is 5.35. The second-order valence-corrected chi connectivity index (χ2v) is 7.21. The maximum atomic E-state index is 12.8. The Hall–Kier alpha value is -2.95. The lowest BCUT2D eigenvalue weighted by Crippen LogP contribution is -2.13. The Morgan fingerprint density at radius 1 is 1.15 bits per heavy atom. The van der Waals surface area contributed by atoms with Crippen LogP contribution in [0.25, 0.3) is 10.9 Å². The molecule has 0 fully saturated rings. The molecule has 1 heterocycles. The van der Waals surface area contributed by atoms with Crippen LogP contribution < -0.4 is 14.8 Å². The van der Waals surface area contributed by atoms with Gasteiger partial charge in [0.15, 0.2) is 0 Å². The van der Waals surface area contributed by atoms with Crippen molar-refractivity contribution in [2.75, 3.05) is 19.5 Å². The van der Waals surface area contributed by atoms with Gasteiger partial charge in [-0.1, -0.05) is 6.92 Å². The fourth-order valence-corrected chi connectivity index (χ4v) is 3.83. The summed E-state index contributed by atoms with van der Waals surface area (Å²) in [6.07, 6.45) is 3.35. The molecule has 5 nitrogen and oxygen atoms in total. The normalized spacial score (nSPS) is 16.0. The minimum absolute atomic E-state index is 0.154. The summed E-state index contributed by atoms with van der Waals surface area (Å²) in [7, 11) is 3.17. The number of carbonyl (C=O) groups is 1. The Morgan fingerprint density at radius 2 is 2.00 bits per heavy atom. The fourth-order valence-electron chi connectivity index (χ4n) is 3.83. The van der Waals surface area contributed by atoms with E-state index in [1.54, 1.807) is 32.4 Å². The molecule has 0 saturated carbocycles. The lowest BCUT2D eigenvalue weighted by Gasteiger charge is -2.18. The summed E-state index contributed by atoms with van der Waals surface area (Å²) >= 11 is 0. The third kappa shape index (κ3) is 3.25. The van der Waals surface area contributed by atoms with Gasteiger partial charge in [-0.25, -0.2) is 0 Å². The van der Waals surface area contributed by atoms with Crippen LogP contribution in [0.4, 0.5) is 5.69 Å². The first-order valence-corrected chi connectivity index (χ1v) is 9.26. The van der Waals surface area contributed by atoms with E-state index in [9.17, 15) is 4.79 Å². The van der Waals surface area contributed by atoms with Crippen molar-refractivity contribution in [2.24, 2.45) is 5.92 Å². The molecule has 0 bridgehead atoms. The predicted octanol–water partition coefficient (Wildman–Crippen LogP) is 4.56. The molecule has 5 heteroatoms. The zero-order valence-electron chi connectivity index (χ0n) is 15.9. The van der Waals surface area contributed by atoms with Crippen molar-refractivity contribution < 1.29 is 14.3 Å². The molecule has 140 valence electrons. The van der Waals surface area contributed by atoms with E-state index in [-0.39, 0.29) is 5.91 Å². The Balaban J connectivity index is 1.64. The molecule has 1 amide bonds. The molecule has 1 aliphatic rings. The van der Waals surface area contributed by atoms with Crippen LogP contribution in [0, 0.1) is 5.92 Å². The number of hydrogen-bond donors (Lipinski definition) is 2. The number of nitrogens with one attached hydrogen (secondary N) is 2. The maximum absolute atomic E-state index is 12.8. The average molecular weight is 364 g/mol. The first-order chi connectivity index (χ1) is 13.1. The van der Waals surface area contributed by atoms with Crippen molar-refractivity contribution >= 4 is 22.5 Å². The monoisotopic (exact) mass is 364 g/mol. The Labute approximate surface area is 158 Å². The van der Waals surface area contributed by atoms with Crippen molar-refractivity contribution in [1.82, 2.24) is 4.98 Å². The number of aromatic nitrogens is 1. The molecule has 2 N–H and O–H groups in total. The summed E-state index contributed by atoms with van der Waals surface area (Å²) in [5.41, 5.74) is 5.04. The van der Waals surface area contributed by atoms with Gasteiger partial charge in [0.25, 0.3) is 5.91 Å². The van der Waals surface area contributed by atoms with Crippen molar-refractivity contribution in [3.05, 3.63) is 53.2 Å². The van der Waals surface area contributed by atoms with Gasteiger partial charge < -0.3 is 19.8 Å². The number of anilines is 1. The van der Waals surface area contributed by atoms with E-state index in [4.69, 9.17) is 9.47 Å². The molecule has 2 aromatic carbocycles. The number of amides is 1. The molecule has 0 radical (unpaired) electrons. The number of methoxy groups -OCH3 is 2. The van der Waals surface area contributed by atoms with E-state index in [0.29, 0.717) is 28.7 Å². The minimum Gasteiger partial charge on any atom is -0.497 e. The van der Waals surface area contributed by atoms with Crippen LogP contribution in [-0.2, 0) is 12.8 Å². The molecule has 0 unspecified atom stereocenters. The van der Waals surface area contributed by atoms with Gasteiger partial charge >= 0.3 is 0 Å². The SMILES string of the molecule is COc1ccc(NC(=O)c2ccc3[nH]c4c(c3c2)C[C@H](C)CC4)c(OC)c1. The summed E-state index contributed by atoms with van der Waals surface area (Å²) in [6, 6.07) is 11.2. The van der Waals surface area contributed by atoms with Gasteiger partial charge in [0.1, 0.15) is 11.5 Å². The van der Waals surface area contributed by atoms with Crippen molar-refractivity contribution in [1.29, 1.82) is 0 Å². The van der Waals surface area contributed by atoms with Crippen LogP contribution >= 0.6 is 0 Å². The first-order valence-electron chi connectivity index (χ1n) is 9.26. The molecule has 1 aromatic heterocycles. The smallest absolute Gasteiger partial charge is 0.255 e. The van der Waals surface area contributed by atoms with Crippen LogP contribution in [0.2, 0.25) is 0 Å². The van der Waals surface area contributed by atoms with E-state index in [2.05, 4.69) is 17.2 Å². The van der Waals surface area contributed by atoms with E-state index in [1.807, 2.05) is 18.2 Å². The summed E-state index contributed by atoms with van der Waals surface area (Å²) in [5.74, 6) is 1.77. The quantitative estimate of drug-likeness (QED) is 0.713. The van der Waals surface area contributed by atoms with Crippen molar-refractivity contribution in [3.63, 3.8) is 0 Å². The van der Waals surface area contributed by atoms with Crippen LogP contribution in [-0.4, -0.2) is 25.1 Å². The Kier molecular flexibility index (Phi) is 4.52. The van der Waals surface area contributed by atoms with Crippen LogP contribution in [0.1, 0.15) is 35.0 Å². The van der Waals surface area contributed by atoms with E-state index in [0.717, 1.165) is 23.7 Å². The first kappa shape index (κ1) is 17.5. The molecule has 0 spiro atoms. The second-order valence-electron chi connectivity index (χ2n) is 7.21. The number of benzene rings is 2. The zero-order chi connectivity index (χ0) is 19.0. The van der Waals surface area contributed by atoms with Crippen molar-refractivity contribution in [3.8, 4) is 11.5 Å². The zero-order valence-corrected chi connectivity index (χ0v) is 15.9. The highest BCUT2D eigenvalue weighted by molar-refractivity contribution is 6.07. The van der Waals surface area contributed by atoms with Gasteiger partial charge in [-0.3, -0.25) is 4.79 Å². The largest absolute Gasteiger partial charge is 0.497 e. The lowest BCUT2D eigenvalue weighted by atomic mass is 9.87. The lowest BCUT2D eigenvalue weighted by molar-refractivity contribution is 0.102.